The lowest BCUT2D eigenvalue weighted by Crippen LogP contribution is -2.46. The van der Waals surface area contributed by atoms with Crippen LogP contribution in [-0.4, -0.2) is 50.8 Å². The number of likely N-dealkylation sites (N-methyl/N-ethyl adjacent to an activating group) is 1. The van der Waals surface area contributed by atoms with E-state index < -0.39 is 18.3 Å². The molecule has 0 radical (unpaired) electrons. The molecule has 0 saturated carbocycles. The minimum absolute atomic E-state index is 0.0867. The van der Waals surface area contributed by atoms with Gasteiger partial charge in [-0.25, -0.2) is 18.7 Å². The number of rotatable bonds is 5. The van der Waals surface area contributed by atoms with Gasteiger partial charge < -0.3 is 4.90 Å². The van der Waals surface area contributed by atoms with E-state index in [-0.39, 0.29) is 17.6 Å². The fraction of sp³-hybridized carbons (Fsp3) is 0.588. The minimum Gasteiger partial charge on any atom is -0.355 e. The molecule has 1 aliphatic rings. The summed E-state index contributed by atoms with van der Waals surface area (Å²) in [5, 5.41) is 3.82. The molecule has 0 aliphatic carbocycles. The van der Waals surface area contributed by atoms with Crippen LogP contribution >= 0.6 is 0 Å². The highest BCUT2D eigenvalue weighted by Crippen LogP contribution is 2.30. The van der Waals surface area contributed by atoms with Crippen LogP contribution in [-0.2, 0) is 19.8 Å². The second-order valence-electron chi connectivity index (χ2n) is 6.92. The topological polar surface area (TPSA) is 50.1 Å². The average Bonchev–Trinajstić information content (AvgIpc) is 3.01. The third-order valence-corrected chi connectivity index (χ3v) is 4.87. The Kier molecular flexibility index (Phi) is 5.82. The van der Waals surface area contributed by atoms with Crippen molar-refractivity contribution in [3.8, 4) is 0 Å². The predicted molar refractivity (Wildman–Crippen MR) is 91.9 cm³/mol. The summed E-state index contributed by atoms with van der Waals surface area (Å²) in [6.45, 7) is 1.56. The first-order valence-electron chi connectivity index (χ1n) is 8.80. The van der Waals surface area contributed by atoms with E-state index in [0.717, 1.165) is 31.8 Å². The van der Waals surface area contributed by atoms with Crippen LogP contribution in [0.3, 0.4) is 0 Å². The third kappa shape index (κ3) is 4.57. The average molecular weight is 404 g/mol. The molecule has 0 amide bonds. The Bertz CT molecular complexity index is 806. The van der Waals surface area contributed by atoms with Crippen LogP contribution in [0.2, 0.25) is 0 Å². The number of anilines is 1. The molecule has 0 N–H and O–H groups in total. The number of piperidine rings is 1. The van der Waals surface area contributed by atoms with Crippen molar-refractivity contribution in [2.24, 2.45) is 7.05 Å². The predicted octanol–water partition coefficient (Wildman–Crippen LogP) is 3.27. The van der Waals surface area contributed by atoms with Crippen molar-refractivity contribution < 1.29 is 22.0 Å². The molecule has 0 spiro atoms. The maximum Gasteiger partial charge on any atom is 0.433 e. The maximum atomic E-state index is 13.1. The van der Waals surface area contributed by atoms with Crippen molar-refractivity contribution in [1.29, 1.82) is 0 Å². The normalized spacial score (nSPS) is 18.6. The Labute approximate surface area is 159 Å². The molecule has 154 valence electrons. The first-order valence-corrected chi connectivity index (χ1v) is 8.80. The summed E-state index contributed by atoms with van der Waals surface area (Å²) >= 11 is 0. The largest absolute Gasteiger partial charge is 0.433 e. The van der Waals surface area contributed by atoms with E-state index in [1.54, 1.807) is 25.2 Å². The number of aromatic nitrogens is 4. The summed E-state index contributed by atoms with van der Waals surface area (Å²) in [6, 6.07) is 0.839. The molecule has 1 unspecified atom stereocenters. The van der Waals surface area contributed by atoms with Crippen molar-refractivity contribution in [3.63, 3.8) is 0 Å². The van der Waals surface area contributed by atoms with Crippen LogP contribution in [0, 0.1) is 0 Å². The smallest absolute Gasteiger partial charge is 0.355 e. The second kappa shape index (κ2) is 7.98. The van der Waals surface area contributed by atoms with Gasteiger partial charge in [-0.15, -0.1) is 0 Å². The molecule has 1 atom stereocenters. The first kappa shape index (κ1) is 20.4. The summed E-state index contributed by atoms with van der Waals surface area (Å²) < 4.78 is 66.3. The number of halogens is 5. The monoisotopic (exact) mass is 404 g/mol. The molecule has 28 heavy (non-hydrogen) atoms. The number of nitrogens with zero attached hydrogens (tertiary/aromatic N) is 6. The van der Waals surface area contributed by atoms with Gasteiger partial charge in [-0.2, -0.15) is 18.3 Å². The fourth-order valence-electron chi connectivity index (χ4n) is 3.47. The van der Waals surface area contributed by atoms with Gasteiger partial charge in [-0.1, -0.05) is 0 Å². The van der Waals surface area contributed by atoms with Gasteiger partial charge in [0.05, 0.1) is 0 Å². The number of likely N-dealkylation sites (tertiary alicyclic amines) is 1. The van der Waals surface area contributed by atoms with E-state index in [9.17, 15) is 22.0 Å². The summed E-state index contributed by atoms with van der Waals surface area (Å²) in [5.41, 5.74) is -0.764. The Morgan fingerprint density at radius 3 is 2.71 bits per heavy atom. The zero-order valence-electron chi connectivity index (χ0n) is 15.5. The molecule has 3 rings (SSSR count). The molecule has 2 aromatic rings. The SMILES string of the molecule is CN(c1cc(C(F)(F)F)ncn1)C1CCCN(Cc2cn(C)nc2C(F)F)C1. The van der Waals surface area contributed by atoms with E-state index in [1.807, 2.05) is 4.90 Å². The van der Waals surface area contributed by atoms with Gasteiger partial charge in [-0.3, -0.25) is 9.58 Å². The molecular weight excluding hydrogens is 383 g/mol. The molecule has 0 aromatic carbocycles. The molecule has 3 heterocycles. The summed E-state index contributed by atoms with van der Waals surface area (Å²) in [4.78, 5) is 11.0. The highest BCUT2D eigenvalue weighted by atomic mass is 19.4. The van der Waals surface area contributed by atoms with Crippen LogP contribution in [0.5, 0.6) is 0 Å². The van der Waals surface area contributed by atoms with Crippen LogP contribution in [0.4, 0.5) is 27.8 Å². The maximum absolute atomic E-state index is 13.1. The number of hydrogen-bond acceptors (Lipinski definition) is 5. The highest BCUT2D eigenvalue weighted by Gasteiger charge is 2.34. The molecule has 0 bridgehead atoms. The third-order valence-electron chi connectivity index (χ3n) is 4.87. The van der Waals surface area contributed by atoms with Crippen LogP contribution in [0.1, 0.15) is 36.2 Å². The standard InChI is InChI=1S/C17H21F5N6/c1-26-7-11(15(25-26)16(18)19)8-28-5-3-4-12(9-28)27(2)14-6-13(17(20,21)22)23-10-24-14/h6-7,10,12,16H,3-5,8-9H2,1-2H3. The molecule has 2 aromatic heterocycles. The van der Waals surface area contributed by atoms with Crippen LogP contribution in [0.15, 0.2) is 18.6 Å². The van der Waals surface area contributed by atoms with Gasteiger partial charge in [0.15, 0.2) is 0 Å². The van der Waals surface area contributed by atoms with Gasteiger partial charge >= 0.3 is 6.18 Å². The molecule has 1 aliphatic heterocycles. The molecule has 11 heteroatoms. The van der Waals surface area contributed by atoms with Crippen molar-refractivity contribution in [2.75, 3.05) is 25.0 Å². The van der Waals surface area contributed by atoms with E-state index in [4.69, 9.17) is 0 Å². The number of aryl methyl sites for hydroxylation is 1. The Balaban J connectivity index is 1.71. The zero-order valence-corrected chi connectivity index (χ0v) is 15.5. The molecule has 1 fully saturated rings. The van der Waals surface area contributed by atoms with Crippen LogP contribution < -0.4 is 4.90 Å². The van der Waals surface area contributed by atoms with Gasteiger partial charge in [0.1, 0.15) is 23.5 Å². The Morgan fingerprint density at radius 2 is 2.04 bits per heavy atom. The van der Waals surface area contributed by atoms with E-state index >= 15 is 0 Å². The Hall–Kier alpha value is -2.30. The first-order chi connectivity index (χ1) is 13.1. The van der Waals surface area contributed by atoms with Crippen molar-refractivity contribution >= 4 is 5.82 Å². The Morgan fingerprint density at radius 1 is 1.29 bits per heavy atom. The lowest BCUT2D eigenvalue weighted by Gasteiger charge is -2.38. The fourth-order valence-corrected chi connectivity index (χ4v) is 3.47. The van der Waals surface area contributed by atoms with E-state index in [0.29, 0.717) is 18.7 Å². The summed E-state index contributed by atoms with van der Waals surface area (Å²) in [5.74, 6) is 0.184. The molecular formula is C17H21F5N6. The van der Waals surface area contributed by atoms with Crippen LogP contribution in [0.25, 0.3) is 0 Å². The number of hydrogen-bond donors (Lipinski definition) is 0. The van der Waals surface area contributed by atoms with Gasteiger partial charge in [0.25, 0.3) is 6.43 Å². The second-order valence-corrected chi connectivity index (χ2v) is 6.92. The van der Waals surface area contributed by atoms with Gasteiger partial charge in [0, 0.05) is 51.1 Å². The quantitative estimate of drug-likeness (QED) is 0.716. The van der Waals surface area contributed by atoms with E-state index in [1.165, 1.54) is 4.68 Å². The van der Waals surface area contributed by atoms with Crippen molar-refractivity contribution in [3.05, 3.63) is 35.5 Å². The minimum atomic E-state index is -4.54. The molecule has 6 nitrogen and oxygen atoms in total. The summed E-state index contributed by atoms with van der Waals surface area (Å²) in [7, 11) is 3.28. The van der Waals surface area contributed by atoms with Crippen molar-refractivity contribution in [2.45, 2.75) is 38.0 Å². The lowest BCUT2D eigenvalue weighted by atomic mass is 10.0. The lowest BCUT2D eigenvalue weighted by molar-refractivity contribution is -0.141. The van der Waals surface area contributed by atoms with Crippen molar-refractivity contribution in [1.82, 2.24) is 24.6 Å². The molecule has 1 saturated heterocycles. The van der Waals surface area contributed by atoms with Gasteiger partial charge in [0.2, 0.25) is 0 Å². The number of alkyl halides is 5. The van der Waals surface area contributed by atoms with E-state index in [2.05, 4.69) is 15.1 Å². The van der Waals surface area contributed by atoms with Gasteiger partial charge in [-0.05, 0) is 19.4 Å². The zero-order chi connectivity index (χ0) is 20.5. The highest BCUT2D eigenvalue weighted by molar-refractivity contribution is 5.40. The summed E-state index contributed by atoms with van der Waals surface area (Å²) in [6.07, 6.45) is -3.14.